The summed E-state index contributed by atoms with van der Waals surface area (Å²) in [5, 5.41) is 7.12. The number of nitrogens with zero attached hydrogens (tertiary/aromatic N) is 3. The van der Waals surface area contributed by atoms with Crippen molar-refractivity contribution in [3.05, 3.63) is 89.5 Å². The number of rotatable bonds is 4. The molecule has 5 rings (SSSR count). The number of carbonyl (C=O) groups is 2. The fraction of sp³-hybridized carbons (Fsp3) is 0.192. The van der Waals surface area contributed by atoms with Crippen LogP contribution in [-0.2, 0) is 24.8 Å². The van der Waals surface area contributed by atoms with Gasteiger partial charge in [0.05, 0.1) is 16.6 Å². The second kappa shape index (κ2) is 9.80. The zero-order chi connectivity index (χ0) is 26.0. The summed E-state index contributed by atoms with van der Waals surface area (Å²) < 4.78 is 47.1. The summed E-state index contributed by atoms with van der Waals surface area (Å²) in [6.45, 7) is 1.20. The van der Waals surface area contributed by atoms with Crippen molar-refractivity contribution in [2.45, 2.75) is 19.1 Å². The van der Waals surface area contributed by atoms with Crippen LogP contribution >= 0.6 is 0 Å². The number of aryl methyl sites for hydroxylation is 1. The number of aliphatic carboxylic acids is 1. The Morgan fingerprint density at radius 2 is 1.69 bits per heavy atom. The molecule has 0 spiro atoms. The number of imidazole rings is 1. The third-order valence-electron chi connectivity index (χ3n) is 5.90. The molecule has 1 amide bonds. The van der Waals surface area contributed by atoms with E-state index in [0.29, 0.717) is 19.5 Å². The van der Waals surface area contributed by atoms with Crippen molar-refractivity contribution in [2.24, 2.45) is 7.05 Å². The molecule has 186 valence electrons. The average molecular weight is 499 g/mol. The van der Waals surface area contributed by atoms with Gasteiger partial charge in [0.15, 0.2) is 0 Å². The second-order valence-electron chi connectivity index (χ2n) is 8.20. The number of carboxylic acid groups (broad SMARTS) is 1. The van der Waals surface area contributed by atoms with Crippen LogP contribution in [0.15, 0.2) is 66.7 Å². The Morgan fingerprint density at radius 1 is 1.03 bits per heavy atom. The molecule has 0 bridgehead atoms. The van der Waals surface area contributed by atoms with Crippen molar-refractivity contribution < 1.29 is 32.3 Å². The molecule has 0 saturated carbocycles. The van der Waals surface area contributed by atoms with E-state index in [9.17, 15) is 22.4 Å². The van der Waals surface area contributed by atoms with Crippen LogP contribution < -0.4 is 0 Å². The highest BCUT2D eigenvalue weighted by Gasteiger charge is 2.38. The minimum absolute atomic E-state index is 0.0266. The molecule has 36 heavy (non-hydrogen) atoms. The Labute approximate surface area is 203 Å². The van der Waals surface area contributed by atoms with E-state index >= 15 is 0 Å². The standard InChI is InChI=1S/C24H20FN3O.C2HF3O2/c1-27-21-8-3-2-7-20(21)26-22(27)13-14-28-15-17-5-4-6-19(23(17)24(28)29)16-9-11-18(25)12-10-16;3-2(4,5)1(6)7/h2-12H,13-15H2,1H3;(H,6,7). The van der Waals surface area contributed by atoms with Crippen molar-refractivity contribution in [1.82, 2.24) is 14.5 Å². The van der Waals surface area contributed by atoms with Gasteiger partial charge in [-0.25, -0.2) is 14.2 Å². The van der Waals surface area contributed by atoms with Crippen LogP contribution in [-0.4, -0.2) is 44.2 Å². The number of amides is 1. The monoisotopic (exact) mass is 499 g/mol. The van der Waals surface area contributed by atoms with E-state index in [4.69, 9.17) is 14.9 Å². The number of halogens is 4. The number of fused-ring (bicyclic) bond motifs is 2. The van der Waals surface area contributed by atoms with Gasteiger partial charge in [-0.1, -0.05) is 42.5 Å². The van der Waals surface area contributed by atoms with E-state index < -0.39 is 12.1 Å². The maximum Gasteiger partial charge on any atom is 0.490 e. The zero-order valence-corrected chi connectivity index (χ0v) is 19.1. The lowest BCUT2D eigenvalue weighted by Crippen LogP contribution is -2.27. The molecule has 1 N–H and O–H groups in total. The molecular weight excluding hydrogens is 478 g/mol. The van der Waals surface area contributed by atoms with Gasteiger partial charge in [0, 0.05) is 26.6 Å². The number of hydrogen-bond donors (Lipinski definition) is 1. The Hall–Kier alpha value is -4.21. The van der Waals surface area contributed by atoms with Crippen LogP contribution in [0, 0.1) is 5.82 Å². The maximum absolute atomic E-state index is 13.3. The summed E-state index contributed by atoms with van der Waals surface area (Å²) in [6, 6.07) is 20.2. The number of hydrogen-bond acceptors (Lipinski definition) is 3. The van der Waals surface area contributed by atoms with Crippen LogP contribution in [0.5, 0.6) is 0 Å². The fourth-order valence-corrected chi connectivity index (χ4v) is 4.12. The minimum atomic E-state index is -5.08. The molecule has 4 aromatic rings. The lowest BCUT2D eigenvalue weighted by Gasteiger charge is -2.15. The Morgan fingerprint density at radius 3 is 2.33 bits per heavy atom. The smallest absolute Gasteiger partial charge is 0.475 e. The molecule has 1 aromatic heterocycles. The molecule has 2 heterocycles. The lowest BCUT2D eigenvalue weighted by atomic mass is 9.97. The van der Waals surface area contributed by atoms with Crippen molar-refractivity contribution in [2.75, 3.05) is 6.54 Å². The molecule has 0 unspecified atom stereocenters. The summed E-state index contributed by atoms with van der Waals surface area (Å²) in [6.07, 6.45) is -4.39. The van der Waals surface area contributed by atoms with E-state index in [-0.39, 0.29) is 11.7 Å². The summed E-state index contributed by atoms with van der Waals surface area (Å²) in [7, 11) is 2.01. The predicted molar refractivity (Wildman–Crippen MR) is 125 cm³/mol. The van der Waals surface area contributed by atoms with Crippen LogP contribution in [0.25, 0.3) is 22.2 Å². The van der Waals surface area contributed by atoms with E-state index in [0.717, 1.165) is 39.1 Å². The van der Waals surface area contributed by atoms with Crippen LogP contribution in [0.2, 0.25) is 0 Å². The summed E-state index contributed by atoms with van der Waals surface area (Å²) in [5.41, 5.74) is 5.52. The number of aromatic nitrogens is 2. The van der Waals surface area contributed by atoms with Crippen molar-refractivity contribution in [3.63, 3.8) is 0 Å². The highest BCUT2D eigenvalue weighted by Crippen LogP contribution is 2.33. The molecule has 0 radical (unpaired) electrons. The zero-order valence-electron chi connectivity index (χ0n) is 19.1. The van der Waals surface area contributed by atoms with Gasteiger partial charge >= 0.3 is 12.1 Å². The molecule has 1 aliphatic rings. The Bertz CT molecular complexity index is 1430. The molecule has 0 fully saturated rings. The SMILES string of the molecule is Cn1c(CCN2Cc3cccc(-c4ccc(F)cc4)c3C2=O)nc2ccccc21.O=C(O)C(F)(F)F. The molecule has 3 aromatic carbocycles. The number of benzene rings is 3. The van der Waals surface area contributed by atoms with Crippen molar-refractivity contribution >= 4 is 22.9 Å². The Balaban J connectivity index is 0.000000384. The molecule has 0 atom stereocenters. The normalized spacial score (nSPS) is 12.9. The number of carboxylic acids is 1. The first-order chi connectivity index (χ1) is 17.1. The number of para-hydroxylation sites is 2. The molecule has 0 aliphatic carbocycles. The van der Waals surface area contributed by atoms with Gasteiger partial charge in [0.25, 0.3) is 5.91 Å². The second-order valence-corrected chi connectivity index (χ2v) is 8.20. The molecule has 0 saturated heterocycles. The Kier molecular flexibility index (Phi) is 6.78. The number of carbonyl (C=O) groups excluding carboxylic acids is 1. The van der Waals surface area contributed by atoms with E-state index in [1.54, 1.807) is 12.1 Å². The van der Waals surface area contributed by atoms with Gasteiger partial charge in [0.1, 0.15) is 11.6 Å². The van der Waals surface area contributed by atoms with Crippen LogP contribution in [0.1, 0.15) is 21.7 Å². The van der Waals surface area contributed by atoms with Gasteiger partial charge in [-0.05, 0) is 41.0 Å². The molecule has 1 aliphatic heterocycles. The number of alkyl halides is 3. The third kappa shape index (κ3) is 5.07. The highest BCUT2D eigenvalue weighted by molar-refractivity contribution is 6.04. The first kappa shape index (κ1) is 24.9. The van der Waals surface area contributed by atoms with Gasteiger partial charge in [-0.15, -0.1) is 0 Å². The van der Waals surface area contributed by atoms with Crippen LogP contribution in [0.4, 0.5) is 17.6 Å². The van der Waals surface area contributed by atoms with Gasteiger partial charge < -0.3 is 14.6 Å². The van der Waals surface area contributed by atoms with Gasteiger partial charge in [-0.3, -0.25) is 4.79 Å². The van der Waals surface area contributed by atoms with Gasteiger partial charge in [0.2, 0.25) is 0 Å². The maximum atomic E-state index is 13.3. The predicted octanol–water partition coefficient (Wildman–Crippen LogP) is 5.21. The lowest BCUT2D eigenvalue weighted by molar-refractivity contribution is -0.192. The molecule has 10 heteroatoms. The summed E-state index contributed by atoms with van der Waals surface area (Å²) in [5.74, 6) is -2.04. The third-order valence-corrected chi connectivity index (χ3v) is 5.90. The molecular formula is C26H21F4N3O3. The topological polar surface area (TPSA) is 75.4 Å². The van der Waals surface area contributed by atoms with E-state index in [1.165, 1.54) is 12.1 Å². The fourth-order valence-electron chi connectivity index (χ4n) is 4.12. The summed E-state index contributed by atoms with van der Waals surface area (Å²) >= 11 is 0. The van der Waals surface area contributed by atoms with Crippen molar-refractivity contribution in [1.29, 1.82) is 0 Å². The van der Waals surface area contributed by atoms with Crippen molar-refractivity contribution in [3.8, 4) is 11.1 Å². The summed E-state index contributed by atoms with van der Waals surface area (Å²) in [4.78, 5) is 28.6. The van der Waals surface area contributed by atoms with E-state index in [1.807, 2.05) is 48.3 Å². The van der Waals surface area contributed by atoms with E-state index in [2.05, 4.69) is 10.6 Å². The quantitative estimate of drug-likeness (QED) is 0.391. The first-order valence-corrected chi connectivity index (χ1v) is 10.9. The largest absolute Gasteiger partial charge is 0.490 e. The molecule has 6 nitrogen and oxygen atoms in total. The minimum Gasteiger partial charge on any atom is -0.475 e. The average Bonchev–Trinajstić information content (AvgIpc) is 3.34. The van der Waals surface area contributed by atoms with Gasteiger partial charge in [-0.2, -0.15) is 13.2 Å². The first-order valence-electron chi connectivity index (χ1n) is 10.9. The van der Waals surface area contributed by atoms with Crippen LogP contribution in [0.3, 0.4) is 0 Å². The highest BCUT2D eigenvalue weighted by atomic mass is 19.4.